The first-order chi connectivity index (χ1) is 24.4. The molecule has 0 saturated heterocycles. The van der Waals surface area contributed by atoms with Gasteiger partial charge in [-0.15, -0.1) is 0 Å². The van der Waals surface area contributed by atoms with Gasteiger partial charge in [-0.25, -0.2) is 4.57 Å². The molecule has 0 bridgehead atoms. The van der Waals surface area contributed by atoms with E-state index in [1.165, 1.54) is 103 Å². The SMILES string of the molecule is CCCC/C=C\C/C=C\CCCCCCCC(=O)OC(COCCCCCCCC/C=C\CCCCCCCCC)COP(=O)(O)OCCN. The lowest BCUT2D eigenvalue weighted by atomic mass is 10.1. The molecule has 0 aliphatic heterocycles. The van der Waals surface area contributed by atoms with Gasteiger partial charge in [0, 0.05) is 19.6 Å². The highest BCUT2D eigenvalue weighted by atomic mass is 31.2. The van der Waals surface area contributed by atoms with Crippen LogP contribution in [-0.4, -0.2) is 49.9 Å². The average Bonchev–Trinajstić information content (AvgIpc) is 3.10. The first-order valence-electron chi connectivity index (χ1n) is 20.5. The summed E-state index contributed by atoms with van der Waals surface area (Å²) in [5.74, 6) is -0.347. The van der Waals surface area contributed by atoms with Gasteiger partial charge in [-0.2, -0.15) is 0 Å². The Morgan fingerprint density at radius 1 is 0.600 bits per heavy atom. The normalized spacial score (nSPS) is 13.9. The first kappa shape index (κ1) is 48.7. The van der Waals surface area contributed by atoms with E-state index in [0.717, 1.165) is 57.8 Å². The Morgan fingerprint density at radius 3 is 1.64 bits per heavy atom. The molecule has 0 fully saturated rings. The third-order valence-electron chi connectivity index (χ3n) is 8.53. The minimum Gasteiger partial charge on any atom is -0.457 e. The quantitative estimate of drug-likeness (QED) is 0.0278. The van der Waals surface area contributed by atoms with Gasteiger partial charge in [0.2, 0.25) is 0 Å². The fourth-order valence-electron chi connectivity index (χ4n) is 5.48. The Bertz CT molecular complexity index is 864. The molecular formula is C41H78NO7P. The van der Waals surface area contributed by atoms with Gasteiger partial charge in [0.1, 0.15) is 6.10 Å². The molecule has 3 N–H and O–H groups in total. The van der Waals surface area contributed by atoms with Crippen LogP contribution in [0.4, 0.5) is 0 Å². The summed E-state index contributed by atoms with van der Waals surface area (Å²) in [5, 5.41) is 0. The zero-order valence-corrected chi connectivity index (χ0v) is 33.3. The molecule has 0 aromatic heterocycles. The molecule has 0 aliphatic rings. The zero-order valence-electron chi connectivity index (χ0n) is 32.4. The zero-order chi connectivity index (χ0) is 36.6. The summed E-state index contributed by atoms with van der Waals surface area (Å²) in [7, 11) is -4.28. The van der Waals surface area contributed by atoms with Crippen LogP contribution in [0.25, 0.3) is 0 Å². The van der Waals surface area contributed by atoms with Crippen molar-refractivity contribution in [3.63, 3.8) is 0 Å². The molecule has 9 heteroatoms. The molecule has 0 aromatic rings. The van der Waals surface area contributed by atoms with Crippen LogP contribution in [0.15, 0.2) is 36.5 Å². The summed E-state index contributed by atoms with van der Waals surface area (Å²) in [6, 6.07) is 0. The predicted molar refractivity (Wildman–Crippen MR) is 210 cm³/mol. The average molecular weight is 728 g/mol. The molecule has 2 atom stereocenters. The molecule has 0 spiro atoms. The summed E-state index contributed by atoms with van der Waals surface area (Å²) >= 11 is 0. The number of allylic oxidation sites excluding steroid dienone is 6. The van der Waals surface area contributed by atoms with E-state index in [4.69, 9.17) is 24.3 Å². The van der Waals surface area contributed by atoms with Crippen molar-refractivity contribution in [3.05, 3.63) is 36.5 Å². The molecular weight excluding hydrogens is 649 g/mol. The molecule has 0 aliphatic carbocycles. The molecule has 0 radical (unpaired) electrons. The van der Waals surface area contributed by atoms with Gasteiger partial charge >= 0.3 is 13.8 Å². The van der Waals surface area contributed by atoms with E-state index < -0.39 is 13.9 Å². The highest BCUT2D eigenvalue weighted by Gasteiger charge is 2.25. The van der Waals surface area contributed by atoms with Gasteiger partial charge in [0.25, 0.3) is 0 Å². The van der Waals surface area contributed by atoms with Gasteiger partial charge in [0.15, 0.2) is 0 Å². The lowest BCUT2D eigenvalue weighted by Crippen LogP contribution is -2.28. The lowest BCUT2D eigenvalue weighted by Gasteiger charge is -2.20. The summed E-state index contributed by atoms with van der Waals surface area (Å²) in [4.78, 5) is 22.4. The topological polar surface area (TPSA) is 117 Å². The maximum absolute atomic E-state index is 12.5. The van der Waals surface area contributed by atoms with Gasteiger partial charge in [-0.1, -0.05) is 147 Å². The minimum atomic E-state index is -4.28. The standard InChI is InChI=1S/C41H78NO7P/c1-3-5-7-9-11-13-15-17-19-20-21-23-25-27-29-31-33-36-46-38-40(39-48-50(44,45)47-37-35-42)49-41(43)34-32-30-28-26-24-22-18-16-14-12-10-8-6-4-2/h10,12,16,18-20,40H,3-9,11,13-15,17,21-39,42H2,1-2H3,(H,44,45)/b12-10-,18-16-,20-19-. The van der Waals surface area contributed by atoms with Gasteiger partial charge in [-0.3, -0.25) is 13.8 Å². The number of hydrogen-bond acceptors (Lipinski definition) is 7. The van der Waals surface area contributed by atoms with Gasteiger partial charge in [0.05, 0.1) is 19.8 Å². The van der Waals surface area contributed by atoms with Crippen LogP contribution in [-0.2, 0) is 27.9 Å². The van der Waals surface area contributed by atoms with Crippen molar-refractivity contribution in [1.82, 2.24) is 0 Å². The molecule has 294 valence electrons. The second-order valence-electron chi connectivity index (χ2n) is 13.5. The highest BCUT2D eigenvalue weighted by molar-refractivity contribution is 7.47. The van der Waals surface area contributed by atoms with Crippen LogP contribution in [0, 0.1) is 0 Å². The van der Waals surface area contributed by atoms with Crippen molar-refractivity contribution in [3.8, 4) is 0 Å². The number of phosphoric acid groups is 1. The molecule has 0 heterocycles. The van der Waals surface area contributed by atoms with E-state index >= 15 is 0 Å². The number of carbonyl (C=O) groups excluding carboxylic acids is 1. The van der Waals surface area contributed by atoms with Crippen LogP contribution in [0.1, 0.15) is 181 Å². The third kappa shape index (κ3) is 38.0. The van der Waals surface area contributed by atoms with Crippen LogP contribution in [0.3, 0.4) is 0 Å². The number of phosphoric ester groups is 1. The van der Waals surface area contributed by atoms with E-state index in [-0.39, 0.29) is 32.3 Å². The number of ether oxygens (including phenoxy) is 2. The van der Waals surface area contributed by atoms with Gasteiger partial charge < -0.3 is 20.1 Å². The molecule has 0 rings (SSSR count). The van der Waals surface area contributed by atoms with Crippen molar-refractivity contribution < 1.29 is 32.8 Å². The lowest BCUT2D eigenvalue weighted by molar-refractivity contribution is -0.154. The molecule has 0 amide bonds. The Hall–Kier alpha value is -1.28. The number of esters is 1. The van der Waals surface area contributed by atoms with Crippen LogP contribution >= 0.6 is 7.82 Å². The maximum Gasteiger partial charge on any atom is 0.472 e. The van der Waals surface area contributed by atoms with E-state index in [1.807, 2.05) is 0 Å². The van der Waals surface area contributed by atoms with Crippen LogP contribution in [0.2, 0.25) is 0 Å². The molecule has 0 saturated carbocycles. The van der Waals surface area contributed by atoms with E-state index in [1.54, 1.807) is 0 Å². The Morgan fingerprint density at radius 2 is 1.08 bits per heavy atom. The highest BCUT2D eigenvalue weighted by Crippen LogP contribution is 2.43. The second kappa shape index (κ2) is 38.9. The number of carbonyl (C=O) groups is 1. The molecule has 0 aromatic carbocycles. The van der Waals surface area contributed by atoms with Crippen molar-refractivity contribution in [2.45, 2.75) is 187 Å². The largest absolute Gasteiger partial charge is 0.472 e. The fraction of sp³-hybridized carbons (Fsp3) is 0.829. The smallest absolute Gasteiger partial charge is 0.457 e. The Labute approximate surface area is 308 Å². The van der Waals surface area contributed by atoms with Gasteiger partial charge in [-0.05, 0) is 64.2 Å². The molecule has 50 heavy (non-hydrogen) atoms. The number of unbranched alkanes of at least 4 members (excludes halogenated alkanes) is 20. The van der Waals surface area contributed by atoms with Crippen molar-refractivity contribution in [2.24, 2.45) is 5.73 Å². The van der Waals surface area contributed by atoms with E-state index in [0.29, 0.717) is 13.0 Å². The van der Waals surface area contributed by atoms with Crippen LogP contribution < -0.4 is 5.73 Å². The Balaban J connectivity index is 4.08. The molecule has 2 unspecified atom stereocenters. The maximum atomic E-state index is 12.5. The number of rotatable bonds is 39. The Kier molecular flexibility index (Phi) is 37.9. The summed E-state index contributed by atoms with van der Waals surface area (Å²) in [5.41, 5.74) is 5.36. The first-order valence-corrected chi connectivity index (χ1v) is 22.0. The summed E-state index contributed by atoms with van der Waals surface area (Å²) in [6.07, 6.45) is 43.0. The van der Waals surface area contributed by atoms with Crippen molar-refractivity contribution in [1.29, 1.82) is 0 Å². The third-order valence-corrected chi connectivity index (χ3v) is 9.51. The van der Waals surface area contributed by atoms with Crippen molar-refractivity contribution >= 4 is 13.8 Å². The monoisotopic (exact) mass is 728 g/mol. The number of nitrogens with two attached hydrogens (primary N) is 1. The second-order valence-corrected chi connectivity index (χ2v) is 14.9. The minimum absolute atomic E-state index is 0.0966. The predicted octanol–water partition coefficient (Wildman–Crippen LogP) is 11.9. The van der Waals surface area contributed by atoms with Crippen LogP contribution in [0.5, 0.6) is 0 Å². The van der Waals surface area contributed by atoms with E-state index in [9.17, 15) is 14.3 Å². The summed E-state index contributed by atoms with van der Waals surface area (Å²) in [6.45, 7) is 4.85. The van der Waals surface area contributed by atoms with Crippen molar-refractivity contribution in [2.75, 3.05) is 33.0 Å². The number of hydrogen-bond donors (Lipinski definition) is 2. The van der Waals surface area contributed by atoms with E-state index in [2.05, 4.69) is 50.3 Å². The summed E-state index contributed by atoms with van der Waals surface area (Å²) < 4.78 is 33.3. The molecule has 8 nitrogen and oxygen atoms in total. The fourth-order valence-corrected chi connectivity index (χ4v) is 6.24.